The largest absolute Gasteiger partial charge is 0.480 e. The first-order valence-corrected chi connectivity index (χ1v) is 8.34. The third-order valence-corrected chi connectivity index (χ3v) is 3.62. The van der Waals surface area contributed by atoms with Crippen molar-refractivity contribution in [1.29, 1.82) is 0 Å². The molecule has 0 heterocycles. The van der Waals surface area contributed by atoms with Crippen molar-refractivity contribution in [2.24, 2.45) is 17.4 Å². The molecule has 4 atom stereocenters. The van der Waals surface area contributed by atoms with Crippen molar-refractivity contribution >= 4 is 29.6 Å². The number of carboxylic acid groups (broad SMARTS) is 1. The molecule has 0 saturated heterocycles. The van der Waals surface area contributed by atoms with Crippen LogP contribution in [0.2, 0.25) is 0 Å². The van der Waals surface area contributed by atoms with Gasteiger partial charge in [-0.15, -0.1) is 0 Å². The molecular weight excluding hydrogens is 378 g/mol. The molecule has 4 unspecified atom stereocenters. The van der Waals surface area contributed by atoms with E-state index in [0.717, 1.165) is 0 Å². The summed E-state index contributed by atoms with van der Waals surface area (Å²) in [5, 5.41) is 33.7. The monoisotopic (exact) mass is 405 g/mol. The lowest BCUT2D eigenvalue weighted by atomic mass is 10.0. The van der Waals surface area contributed by atoms with Gasteiger partial charge in [-0.25, -0.2) is 4.79 Å². The molecule has 0 spiro atoms. The van der Waals surface area contributed by atoms with Crippen LogP contribution >= 0.6 is 0 Å². The third-order valence-electron chi connectivity index (χ3n) is 3.62. The molecule has 0 aliphatic carbocycles. The summed E-state index contributed by atoms with van der Waals surface area (Å²) in [5.74, 6) is -5.69. The molecule has 0 bridgehead atoms. The lowest BCUT2D eigenvalue weighted by Crippen LogP contribution is -2.59. The maximum atomic E-state index is 12.3. The van der Waals surface area contributed by atoms with Crippen LogP contribution in [0, 0.1) is 5.92 Å². The molecule has 160 valence electrons. The van der Waals surface area contributed by atoms with Crippen LogP contribution in [0.4, 0.5) is 0 Å². The number of aliphatic hydroxyl groups is 2. The Balaban J connectivity index is 5.21. The van der Waals surface area contributed by atoms with Gasteiger partial charge in [0, 0.05) is 0 Å². The predicted octanol–water partition coefficient (Wildman–Crippen LogP) is -4.63. The topological polar surface area (TPSA) is 234 Å². The van der Waals surface area contributed by atoms with Gasteiger partial charge in [-0.1, -0.05) is 13.8 Å². The highest BCUT2D eigenvalue weighted by Gasteiger charge is 2.31. The van der Waals surface area contributed by atoms with Crippen molar-refractivity contribution < 1.29 is 39.3 Å². The Morgan fingerprint density at radius 2 is 1.36 bits per heavy atom. The molecule has 4 amide bonds. The summed E-state index contributed by atoms with van der Waals surface area (Å²) in [6, 6.07) is -5.69. The number of primary amides is 1. The van der Waals surface area contributed by atoms with Crippen molar-refractivity contribution in [3.05, 3.63) is 0 Å². The minimum absolute atomic E-state index is 0.474. The van der Waals surface area contributed by atoms with E-state index in [0.29, 0.717) is 0 Å². The van der Waals surface area contributed by atoms with Crippen LogP contribution in [0.1, 0.15) is 20.3 Å². The van der Waals surface area contributed by atoms with Crippen LogP contribution in [-0.4, -0.2) is 82.3 Å². The summed E-state index contributed by atoms with van der Waals surface area (Å²) in [6.07, 6.45) is -0.640. The third kappa shape index (κ3) is 8.28. The smallest absolute Gasteiger partial charge is 0.326 e. The predicted molar refractivity (Wildman–Crippen MR) is 94.2 cm³/mol. The van der Waals surface area contributed by atoms with E-state index in [9.17, 15) is 29.1 Å². The molecule has 0 rings (SSSR count). The minimum atomic E-state index is -1.55. The second kappa shape index (κ2) is 11.8. The average Bonchev–Trinajstić information content (AvgIpc) is 2.61. The summed E-state index contributed by atoms with van der Waals surface area (Å²) < 4.78 is 0. The summed E-state index contributed by atoms with van der Waals surface area (Å²) in [4.78, 5) is 58.5. The summed E-state index contributed by atoms with van der Waals surface area (Å²) in [7, 11) is 0. The van der Waals surface area contributed by atoms with Gasteiger partial charge in [-0.2, -0.15) is 0 Å². The molecule has 13 heteroatoms. The molecule has 0 saturated carbocycles. The molecule has 13 nitrogen and oxygen atoms in total. The van der Waals surface area contributed by atoms with Crippen molar-refractivity contribution in [3.8, 4) is 0 Å². The van der Waals surface area contributed by atoms with Gasteiger partial charge in [0.05, 0.1) is 19.6 Å². The second-order valence-electron chi connectivity index (χ2n) is 6.33. The van der Waals surface area contributed by atoms with Crippen LogP contribution in [0.15, 0.2) is 0 Å². The standard InChI is InChI=1S/C15H27N5O8/c1-6(2)11(15(27)28)20-14(26)9(5-22)19-13(25)8(3-10(17)23)18-12(24)7(16)4-21/h6-9,11,21-22H,3-5,16H2,1-2H3,(H2,17,23)(H,18,24)(H,19,25)(H,20,26)(H,27,28). The molecule has 0 aromatic heterocycles. The summed E-state index contributed by atoms with van der Waals surface area (Å²) in [5.41, 5.74) is 10.3. The van der Waals surface area contributed by atoms with Crippen molar-refractivity contribution in [2.75, 3.05) is 13.2 Å². The second-order valence-corrected chi connectivity index (χ2v) is 6.33. The summed E-state index contributed by atoms with van der Waals surface area (Å²) in [6.45, 7) is 1.50. The fraction of sp³-hybridized carbons (Fsp3) is 0.667. The van der Waals surface area contributed by atoms with E-state index >= 15 is 0 Å². The number of carbonyl (C=O) groups is 5. The average molecular weight is 405 g/mol. The molecule has 0 aliphatic heterocycles. The maximum Gasteiger partial charge on any atom is 0.326 e. The summed E-state index contributed by atoms with van der Waals surface area (Å²) >= 11 is 0. The minimum Gasteiger partial charge on any atom is -0.480 e. The Bertz CT molecular complexity index is 597. The number of amides is 4. The van der Waals surface area contributed by atoms with Gasteiger partial charge < -0.3 is 42.7 Å². The van der Waals surface area contributed by atoms with Crippen molar-refractivity contribution in [2.45, 2.75) is 44.4 Å². The molecule has 0 aromatic rings. The lowest BCUT2D eigenvalue weighted by Gasteiger charge is -2.24. The Kier molecular flexibility index (Phi) is 10.7. The number of hydrogen-bond donors (Lipinski definition) is 8. The highest BCUT2D eigenvalue weighted by atomic mass is 16.4. The maximum absolute atomic E-state index is 12.3. The van der Waals surface area contributed by atoms with Crippen LogP contribution in [0.5, 0.6) is 0 Å². The number of aliphatic hydroxyl groups excluding tert-OH is 2. The van der Waals surface area contributed by atoms with E-state index in [2.05, 4.69) is 16.0 Å². The Morgan fingerprint density at radius 1 is 0.857 bits per heavy atom. The Labute approximate surface area is 160 Å². The Morgan fingerprint density at radius 3 is 1.75 bits per heavy atom. The van der Waals surface area contributed by atoms with E-state index in [4.69, 9.17) is 21.7 Å². The van der Waals surface area contributed by atoms with Crippen molar-refractivity contribution in [1.82, 2.24) is 16.0 Å². The van der Waals surface area contributed by atoms with Gasteiger partial charge in [0.25, 0.3) is 0 Å². The zero-order chi connectivity index (χ0) is 22.0. The fourth-order valence-corrected chi connectivity index (χ4v) is 2.01. The Hall–Kier alpha value is -2.77. The molecule has 0 aliphatic rings. The van der Waals surface area contributed by atoms with Crippen LogP contribution in [-0.2, 0) is 24.0 Å². The first-order valence-electron chi connectivity index (χ1n) is 8.34. The zero-order valence-electron chi connectivity index (χ0n) is 15.5. The number of nitrogens with two attached hydrogens (primary N) is 2. The molecule has 0 fully saturated rings. The number of carbonyl (C=O) groups excluding carboxylic acids is 4. The highest BCUT2D eigenvalue weighted by molar-refractivity contribution is 5.96. The quantitative estimate of drug-likeness (QED) is 0.156. The first-order chi connectivity index (χ1) is 12.9. The number of rotatable bonds is 12. The number of aliphatic carboxylic acids is 1. The molecule has 10 N–H and O–H groups in total. The van der Waals surface area contributed by atoms with Gasteiger partial charge >= 0.3 is 5.97 Å². The van der Waals surface area contributed by atoms with E-state index < -0.39 is 79.3 Å². The van der Waals surface area contributed by atoms with Crippen LogP contribution < -0.4 is 27.4 Å². The van der Waals surface area contributed by atoms with Crippen LogP contribution in [0.3, 0.4) is 0 Å². The van der Waals surface area contributed by atoms with Gasteiger partial charge in [-0.05, 0) is 5.92 Å². The van der Waals surface area contributed by atoms with Crippen molar-refractivity contribution in [3.63, 3.8) is 0 Å². The van der Waals surface area contributed by atoms with Gasteiger partial charge in [0.15, 0.2) is 0 Å². The number of nitrogens with one attached hydrogen (secondary N) is 3. The van der Waals surface area contributed by atoms with E-state index in [1.54, 1.807) is 13.8 Å². The van der Waals surface area contributed by atoms with Gasteiger partial charge in [-0.3, -0.25) is 19.2 Å². The highest BCUT2D eigenvalue weighted by Crippen LogP contribution is 2.03. The number of hydrogen-bond acceptors (Lipinski definition) is 8. The van der Waals surface area contributed by atoms with Gasteiger partial charge in [0.1, 0.15) is 24.2 Å². The lowest BCUT2D eigenvalue weighted by molar-refractivity contribution is -0.144. The molecule has 28 heavy (non-hydrogen) atoms. The molecular formula is C15H27N5O8. The zero-order valence-corrected chi connectivity index (χ0v) is 15.5. The first kappa shape index (κ1) is 25.2. The molecule has 0 radical (unpaired) electrons. The van der Waals surface area contributed by atoms with Gasteiger partial charge in [0.2, 0.25) is 23.6 Å². The SMILES string of the molecule is CC(C)C(NC(=O)C(CO)NC(=O)C(CC(N)=O)NC(=O)C(N)CO)C(=O)O. The normalized spacial score (nSPS) is 15.1. The van der Waals surface area contributed by atoms with E-state index in [1.807, 2.05) is 0 Å². The van der Waals surface area contributed by atoms with Crippen LogP contribution in [0.25, 0.3) is 0 Å². The fourth-order valence-electron chi connectivity index (χ4n) is 2.01. The molecule has 0 aromatic carbocycles. The van der Waals surface area contributed by atoms with E-state index in [-0.39, 0.29) is 0 Å². The number of carboxylic acids is 1. The van der Waals surface area contributed by atoms with E-state index in [1.165, 1.54) is 0 Å².